The van der Waals surface area contributed by atoms with Crippen LogP contribution in [0.4, 0.5) is 0 Å². The number of hydrogen-bond donors (Lipinski definition) is 1. The second-order valence-corrected chi connectivity index (χ2v) is 7.64. The number of likely N-dealkylation sites (tertiary alicyclic amines) is 1. The van der Waals surface area contributed by atoms with E-state index in [1.54, 1.807) is 18.4 Å². The van der Waals surface area contributed by atoms with E-state index in [9.17, 15) is 4.79 Å². The lowest BCUT2D eigenvalue weighted by Gasteiger charge is -2.33. The van der Waals surface area contributed by atoms with Crippen molar-refractivity contribution in [1.29, 1.82) is 0 Å². The van der Waals surface area contributed by atoms with Crippen LogP contribution in [0.2, 0.25) is 0 Å². The molecule has 30 heavy (non-hydrogen) atoms. The highest BCUT2D eigenvalue weighted by Crippen LogP contribution is 2.24. The summed E-state index contributed by atoms with van der Waals surface area (Å²) in [5.74, 6) is 1.57. The van der Waals surface area contributed by atoms with E-state index in [-0.39, 0.29) is 11.9 Å². The first-order chi connectivity index (χ1) is 14.8. The lowest BCUT2D eigenvalue weighted by atomic mass is 10.1. The van der Waals surface area contributed by atoms with Crippen molar-refractivity contribution >= 4 is 5.91 Å². The lowest BCUT2D eigenvalue weighted by molar-refractivity contribution is 0.0914. The van der Waals surface area contributed by atoms with Gasteiger partial charge in [-0.25, -0.2) is 0 Å². The van der Waals surface area contributed by atoms with Gasteiger partial charge in [0.1, 0.15) is 18.1 Å². The molecule has 5 nitrogen and oxygen atoms in total. The third-order valence-corrected chi connectivity index (χ3v) is 5.52. The molecule has 3 aromatic rings. The SMILES string of the molecule is O=C(NC[C@H](c1ccco1)N1CCCCC1)c1ccc(OCc2ccccc2)cc1. The van der Waals surface area contributed by atoms with Crippen molar-refractivity contribution in [2.24, 2.45) is 0 Å². The number of hydrogen-bond acceptors (Lipinski definition) is 4. The maximum absolute atomic E-state index is 12.7. The standard InChI is InChI=1S/C25H28N2O3/c28-25(21-11-13-22(14-12-21)30-19-20-8-3-1-4-9-20)26-18-23(24-10-7-17-29-24)27-15-5-2-6-16-27/h1,3-4,7-14,17,23H,2,5-6,15-16,18-19H2,(H,26,28)/t23-/m1/s1. The number of rotatable bonds is 8. The molecule has 2 heterocycles. The minimum absolute atomic E-state index is 0.0673. The van der Waals surface area contributed by atoms with Crippen LogP contribution in [-0.2, 0) is 6.61 Å². The molecule has 5 heteroatoms. The lowest BCUT2D eigenvalue weighted by Crippen LogP contribution is -2.40. The molecule has 1 saturated heterocycles. The van der Waals surface area contributed by atoms with Gasteiger partial charge in [0, 0.05) is 12.1 Å². The fourth-order valence-corrected chi connectivity index (χ4v) is 3.86. The smallest absolute Gasteiger partial charge is 0.251 e. The summed E-state index contributed by atoms with van der Waals surface area (Å²) in [4.78, 5) is 15.1. The van der Waals surface area contributed by atoms with Gasteiger partial charge >= 0.3 is 0 Å². The highest BCUT2D eigenvalue weighted by Gasteiger charge is 2.25. The fraction of sp³-hybridized carbons (Fsp3) is 0.320. The second-order valence-electron chi connectivity index (χ2n) is 7.64. The molecular weight excluding hydrogens is 376 g/mol. The Morgan fingerprint density at radius 3 is 2.43 bits per heavy atom. The van der Waals surface area contributed by atoms with Gasteiger partial charge in [-0.05, 0) is 67.9 Å². The van der Waals surface area contributed by atoms with E-state index in [0.717, 1.165) is 30.2 Å². The van der Waals surface area contributed by atoms with Crippen LogP contribution in [0, 0.1) is 0 Å². The summed E-state index contributed by atoms with van der Waals surface area (Å²) in [7, 11) is 0. The van der Waals surface area contributed by atoms with E-state index in [0.29, 0.717) is 18.7 Å². The Bertz CT molecular complexity index is 901. The average Bonchev–Trinajstić information content (AvgIpc) is 3.34. The third kappa shape index (κ3) is 5.30. The van der Waals surface area contributed by atoms with Crippen LogP contribution >= 0.6 is 0 Å². The van der Waals surface area contributed by atoms with Crippen molar-refractivity contribution in [2.75, 3.05) is 19.6 Å². The molecule has 1 aliphatic heterocycles. The van der Waals surface area contributed by atoms with Gasteiger partial charge in [-0.1, -0.05) is 36.8 Å². The quantitative estimate of drug-likeness (QED) is 0.585. The van der Waals surface area contributed by atoms with E-state index >= 15 is 0 Å². The van der Waals surface area contributed by atoms with E-state index in [2.05, 4.69) is 10.2 Å². The summed E-state index contributed by atoms with van der Waals surface area (Å²) in [6.45, 7) is 3.11. The number of ether oxygens (including phenoxy) is 1. The van der Waals surface area contributed by atoms with Gasteiger partial charge in [0.15, 0.2) is 0 Å². The summed E-state index contributed by atoms with van der Waals surface area (Å²) < 4.78 is 11.5. The van der Waals surface area contributed by atoms with Crippen molar-refractivity contribution in [1.82, 2.24) is 10.2 Å². The van der Waals surface area contributed by atoms with Gasteiger partial charge < -0.3 is 14.5 Å². The predicted molar refractivity (Wildman–Crippen MR) is 116 cm³/mol. The molecule has 0 radical (unpaired) electrons. The van der Waals surface area contributed by atoms with Crippen molar-refractivity contribution in [3.8, 4) is 5.75 Å². The maximum Gasteiger partial charge on any atom is 0.251 e. The van der Waals surface area contributed by atoms with Crippen molar-refractivity contribution < 1.29 is 13.9 Å². The molecule has 156 valence electrons. The molecule has 1 aromatic heterocycles. The van der Waals surface area contributed by atoms with Gasteiger partial charge in [0.05, 0.1) is 12.3 Å². The largest absolute Gasteiger partial charge is 0.489 e. The first-order valence-electron chi connectivity index (χ1n) is 10.6. The Morgan fingerprint density at radius 2 is 1.73 bits per heavy atom. The fourth-order valence-electron chi connectivity index (χ4n) is 3.86. The van der Waals surface area contributed by atoms with E-state index in [4.69, 9.17) is 9.15 Å². The first-order valence-corrected chi connectivity index (χ1v) is 10.6. The summed E-state index contributed by atoms with van der Waals surface area (Å²) in [5, 5.41) is 3.08. The minimum Gasteiger partial charge on any atom is -0.489 e. The molecular formula is C25H28N2O3. The van der Waals surface area contributed by atoms with E-state index in [1.165, 1.54) is 19.3 Å². The number of furan rings is 1. The number of piperidine rings is 1. The molecule has 0 saturated carbocycles. The second kappa shape index (κ2) is 10.1. The van der Waals surface area contributed by atoms with Gasteiger partial charge in [-0.3, -0.25) is 9.69 Å². The monoisotopic (exact) mass is 404 g/mol. The number of carbonyl (C=O) groups is 1. The zero-order valence-electron chi connectivity index (χ0n) is 17.1. The van der Waals surface area contributed by atoms with Crippen LogP contribution in [-0.4, -0.2) is 30.4 Å². The summed E-state index contributed by atoms with van der Waals surface area (Å²) in [6.07, 6.45) is 5.35. The minimum atomic E-state index is -0.0850. The average molecular weight is 405 g/mol. The number of carbonyl (C=O) groups excluding carboxylic acids is 1. The van der Waals surface area contributed by atoms with Crippen molar-refractivity contribution in [3.63, 3.8) is 0 Å². The molecule has 0 bridgehead atoms. The molecule has 2 aromatic carbocycles. The Hall–Kier alpha value is -3.05. The van der Waals surface area contributed by atoms with E-state index in [1.807, 2.05) is 54.6 Å². The van der Waals surface area contributed by atoms with Crippen LogP contribution < -0.4 is 10.1 Å². The number of nitrogens with zero attached hydrogens (tertiary/aromatic N) is 1. The van der Waals surface area contributed by atoms with Crippen LogP contribution in [0.1, 0.15) is 47.0 Å². The summed E-state index contributed by atoms with van der Waals surface area (Å²) in [6, 6.07) is 21.3. The van der Waals surface area contributed by atoms with Crippen LogP contribution in [0.15, 0.2) is 77.4 Å². The Kier molecular flexibility index (Phi) is 6.83. The highest BCUT2D eigenvalue weighted by atomic mass is 16.5. The Morgan fingerprint density at radius 1 is 0.967 bits per heavy atom. The van der Waals surface area contributed by atoms with Gasteiger partial charge in [-0.15, -0.1) is 0 Å². The number of benzene rings is 2. The molecule has 0 aliphatic carbocycles. The molecule has 0 spiro atoms. The molecule has 1 N–H and O–H groups in total. The van der Waals surface area contributed by atoms with Gasteiger partial charge in [0.25, 0.3) is 5.91 Å². The van der Waals surface area contributed by atoms with Gasteiger partial charge in [0.2, 0.25) is 0 Å². The summed E-state index contributed by atoms with van der Waals surface area (Å²) >= 11 is 0. The van der Waals surface area contributed by atoms with Gasteiger partial charge in [-0.2, -0.15) is 0 Å². The molecule has 1 amide bonds. The van der Waals surface area contributed by atoms with Crippen LogP contribution in [0.5, 0.6) is 5.75 Å². The Balaban J connectivity index is 1.33. The molecule has 1 aliphatic rings. The zero-order chi connectivity index (χ0) is 20.6. The third-order valence-electron chi connectivity index (χ3n) is 5.52. The summed E-state index contributed by atoms with van der Waals surface area (Å²) in [5.41, 5.74) is 1.74. The van der Waals surface area contributed by atoms with E-state index < -0.39 is 0 Å². The molecule has 0 unspecified atom stereocenters. The highest BCUT2D eigenvalue weighted by molar-refractivity contribution is 5.94. The molecule has 1 atom stereocenters. The topological polar surface area (TPSA) is 54.7 Å². The first kappa shape index (κ1) is 20.2. The Labute approximate surface area is 177 Å². The maximum atomic E-state index is 12.7. The zero-order valence-corrected chi connectivity index (χ0v) is 17.1. The number of nitrogens with one attached hydrogen (secondary N) is 1. The molecule has 1 fully saturated rings. The van der Waals surface area contributed by atoms with Crippen molar-refractivity contribution in [3.05, 3.63) is 89.9 Å². The number of amides is 1. The molecule has 4 rings (SSSR count). The predicted octanol–water partition coefficient (Wildman–Crippen LogP) is 4.82. The van der Waals surface area contributed by atoms with Crippen LogP contribution in [0.25, 0.3) is 0 Å². The van der Waals surface area contributed by atoms with Crippen LogP contribution in [0.3, 0.4) is 0 Å². The van der Waals surface area contributed by atoms with Crippen molar-refractivity contribution in [2.45, 2.75) is 31.9 Å². The normalized spacial score (nSPS) is 15.5.